The Bertz CT molecular complexity index is 255. The highest BCUT2D eigenvalue weighted by Gasteiger charge is 2.32. The van der Waals surface area contributed by atoms with Crippen molar-refractivity contribution in [1.82, 2.24) is 0 Å². The molecule has 4 atom stereocenters. The summed E-state index contributed by atoms with van der Waals surface area (Å²) in [5.41, 5.74) is 5.47. The molecule has 1 saturated carbocycles. The first kappa shape index (κ1) is 14.5. The van der Waals surface area contributed by atoms with Crippen LogP contribution in [0, 0.1) is 17.8 Å². The molecular formula is C13H25NO3. The maximum atomic E-state index is 10.6. The molecule has 0 saturated heterocycles. The predicted molar refractivity (Wildman–Crippen MR) is 66.7 cm³/mol. The Morgan fingerprint density at radius 1 is 1.47 bits per heavy atom. The van der Waals surface area contributed by atoms with E-state index in [-0.39, 0.29) is 12.7 Å². The molecule has 1 aliphatic rings. The molecule has 0 spiro atoms. The van der Waals surface area contributed by atoms with Crippen LogP contribution >= 0.6 is 0 Å². The topological polar surface area (TPSA) is 72.5 Å². The lowest BCUT2D eigenvalue weighted by atomic mass is 9.75. The van der Waals surface area contributed by atoms with Crippen LogP contribution in [0.1, 0.15) is 40.0 Å². The maximum absolute atomic E-state index is 10.6. The number of ether oxygens (including phenoxy) is 1. The minimum Gasteiger partial charge on any atom is -0.480 e. The van der Waals surface area contributed by atoms with Crippen LogP contribution in [0.15, 0.2) is 0 Å². The highest BCUT2D eigenvalue weighted by molar-refractivity contribution is 5.73. The average Bonchev–Trinajstić information content (AvgIpc) is 2.25. The van der Waals surface area contributed by atoms with Crippen molar-refractivity contribution >= 4 is 5.97 Å². The fraction of sp³-hybridized carbons (Fsp3) is 0.923. The summed E-state index contributed by atoms with van der Waals surface area (Å²) >= 11 is 0. The van der Waals surface area contributed by atoms with Crippen LogP contribution in [0.2, 0.25) is 0 Å². The van der Waals surface area contributed by atoms with E-state index in [9.17, 15) is 4.79 Å². The van der Waals surface area contributed by atoms with Crippen molar-refractivity contribution in [3.63, 3.8) is 0 Å². The zero-order valence-corrected chi connectivity index (χ0v) is 11.1. The fourth-order valence-electron chi connectivity index (χ4n) is 2.60. The maximum Gasteiger partial charge on any atom is 0.322 e. The van der Waals surface area contributed by atoms with Crippen LogP contribution in [0.5, 0.6) is 0 Å². The van der Waals surface area contributed by atoms with Gasteiger partial charge in [0.05, 0.1) is 12.7 Å². The van der Waals surface area contributed by atoms with Gasteiger partial charge in [-0.15, -0.1) is 0 Å². The second-order valence-electron chi connectivity index (χ2n) is 5.64. The standard InChI is InChI=1S/C13H25NO3/c1-8(2)10-5-4-9(3)6-12(10)17-7-11(14)13(15)16/h8-12H,4-7,14H2,1-3H3,(H,15,16)/t9?,10?,11-,12?/m0/s1. The van der Waals surface area contributed by atoms with E-state index in [1.165, 1.54) is 12.8 Å². The molecule has 3 N–H and O–H groups in total. The molecule has 1 rings (SSSR count). The second kappa shape index (κ2) is 6.36. The van der Waals surface area contributed by atoms with Crippen molar-refractivity contribution in [3.8, 4) is 0 Å². The SMILES string of the molecule is CC1CCC(C(C)C)C(OC[C@H](N)C(=O)O)C1. The van der Waals surface area contributed by atoms with Gasteiger partial charge in [0.25, 0.3) is 0 Å². The lowest BCUT2D eigenvalue weighted by molar-refractivity contribution is -0.141. The number of hydrogen-bond donors (Lipinski definition) is 2. The lowest BCUT2D eigenvalue weighted by Crippen LogP contribution is -2.40. The van der Waals surface area contributed by atoms with Crippen LogP contribution < -0.4 is 5.73 Å². The third-order valence-electron chi connectivity index (χ3n) is 3.77. The fourth-order valence-corrected chi connectivity index (χ4v) is 2.60. The molecule has 1 aliphatic carbocycles. The van der Waals surface area contributed by atoms with Crippen molar-refractivity contribution in [2.45, 2.75) is 52.2 Å². The summed E-state index contributed by atoms with van der Waals surface area (Å²) < 4.78 is 5.74. The Hall–Kier alpha value is -0.610. The molecule has 0 heterocycles. The van der Waals surface area contributed by atoms with Gasteiger partial charge in [-0.2, -0.15) is 0 Å². The van der Waals surface area contributed by atoms with Crippen LogP contribution in [-0.2, 0) is 9.53 Å². The monoisotopic (exact) mass is 243 g/mol. The molecule has 0 bridgehead atoms. The van der Waals surface area contributed by atoms with Gasteiger partial charge in [-0.1, -0.05) is 27.2 Å². The normalized spacial score (nSPS) is 31.5. The Balaban J connectivity index is 2.49. The third-order valence-corrected chi connectivity index (χ3v) is 3.77. The van der Waals surface area contributed by atoms with Crippen molar-refractivity contribution in [2.24, 2.45) is 23.5 Å². The van der Waals surface area contributed by atoms with Gasteiger partial charge in [0.2, 0.25) is 0 Å². The largest absolute Gasteiger partial charge is 0.480 e. The first-order valence-electron chi connectivity index (χ1n) is 6.51. The van der Waals surface area contributed by atoms with Gasteiger partial charge in [0, 0.05) is 0 Å². The summed E-state index contributed by atoms with van der Waals surface area (Å²) in [5, 5.41) is 8.73. The molecule has 0 aromatic carbocycles. The van der Waals surface area contributed by atoms with Crippen LogP contribution in [0.4, 0.5) is 0 Å². The van der Waals surface area contributed by atoms with Gasteiger partial charge in [0.15, 0.2) is 0 Å². The summed E-state index contributed by atoms with van der Waals surface area (Å²) in [6.45, 7) is 6.75. The van der Waals surface area contributed by atoms with E-state index in [4.69, 9.17) is 15.6 Å². The van der Waals surface area contributed by atoms with Crippen LogP contribution in [0.3, 0.4) is 0 Å². The summed E-state index contributed by atoms with van der Waals surface area (Å²) in [6, 6.07) is -0.903. The third kappa shape index (κ3) is 4.28. The number of carboxylic acids is 1. The second-order valence-corrected chi connectivity index (χ2v) is 5.64. The van der Waals surface area contributed by atoms with Gasteiger partial charge in [0.1, 0.15) is 6.04 Å². The minimum absolute atomic E-state index is 0.121. The van der Waals surface area contributed by atoms with Gasteiger partial charge in [-0.25, -0.2) is 0 Å². The molecule has 0 aromatic heterocycles. The van der Waals surface area contributed by atoms with Crippen molar-refractivity contribution in [3.05, 3.63) is 0 Å². The number of rotatable bonds is 5. The van der Waals surface area contributed by atoms with Gasteiger partial charge in [-0.05, 0) is 30.6 Å². The molecule has 0 radical (unpaired) electrons. The van der Waals surface area contributed by atoms with Crippen LogP contribution in [-0.4, -0.2) is 29.8 Å². The minimum atomic E-state index is -0.991. The summed E-state index contributed by atoms with van der Waals surface area (Å²) in [5.74, 6) is 0.784. The summed E-state index contributed by atoms with van der Waals surface area (Å²) in [7, 11) is 0. The highest BCUT2D eigenvalue weighted by Crippen LogP contribution is 2.35. The zero-order chi connectivity index (χ0) is 13.0. The first-order valence-corrected chi connectivity index (χ1v) is 6.51. The molecule has 1 fully saturated rings. The van der Waals surface area contributed by atoms with Crippen molar-refractivity contribution in [1.29, 1.82) is 0 Å². The van der Waals surface area contributed by atoms with Gasteiger partial charge >= 0.3 is 5.97 Å². The first-order chi connectivity index (χ1) is 7.91. The van der Waals surface area contributed by atoms with E-state index in [1.54, 1.807) is 0 Å². The Kier molecular flexibility index (Phi) is 5.40. The van der Waals surface area contributed by atoms with Gasteiger partial charge in [-0.3, -0.25) is 4.79 Å². The van der Waals surface area contributed by atoms with E-state index >= 15 is 0 Å². The predicted octanol–water partition coefficient (Wildman–Crippen LogP) is 1.88. The van der Waals surface area contributed by atoms with E-state index in [1.807, 2.05) is 0 Å². The Morgan fingerprint density at radius 3 is 2.65 bits per heavy atom. The number of aliphatic carboxylic acids is 1. The average molecular weight is 243 g/mol. The number of nitrogens with two attached hydrogens (primary N) is 1. The quantitative estimate of drug-likeness (QED) is 0.773. The molecule has 17 heavy (non-hydrogen) atoms. The highest BCUT2D eigenvalue weighted by atomic mass is 16.5. The van der Waals surface area contributed by atoms with E-state index in [2.05, 4.69) is 20.8 Å². The lowest BCUT2D eigenvalue weighted by Gasteiger charge is -2.37. The number of hydrogen-bond acceptors (Lipinski definition) is 3. The molecule has 4 nitrogen and oxygen atoms in total. The smallest absolute Gasteiger partial charge is 0.322 e. The Labute approximate surface area is 104 Å². The van der Waals surface area contributed by atoms with E-state index in [0.29, 0.717) is 17.8 Å². The van der Waals surface area contributed by atoms with E-state index < -0.39 is 12.0 Å². The van der Waals surface area contributed by atoms with Crippen LogP contribution in [0.25, 0.3) is 0 Å². The molecule has 3 unspecified atom stereocenters. The molecule has 4 heteroatoms. The Morgan fingerprint density at radius 2 is 2.12 bits per heavy atom. The summed E-state index contributed by atoms with van der Waals surface area (Å²) in [4.78, 5) is 10.6. The number of carbonyl (C=O) groups is 1. The molecule has 100 valence electrons. The van der Waals surface area contributed by atoms with E-state index in [0.717, 1.165) is 6.42 Å². The van der Waals surface area contributed by atoms with Crippen molar-refractivity contribution < 1.29 is 14.6 Å². The number of carboxylic acid groups (broad SMARTS) is 1. The molecule has 0 aromatic rings. The molecule has 0 aliphatic heterocycles. The molecular weight excluding hydrogens is 218 g/mol. The van der Waals surface area contributed by atoms with Crippen molar-refractivity contribution in [2.75, 3.05) is 6.61 Å². The molecule has 0 amide bonds. The zero-order valence-electron chi connectivity index (χ0n) is 11.1. The van der Waals surface area contributed by atoms with Gasteiger partial charge < -0.3 is 15.6 Å². The summed E-state index contributed by atoms with van der Waals surface area (Å²) in [6.07, 6.45) is 3.61.